The first-order valence-electron chi connectivity index (χ1n) is 18.9. The normalized spacial score (nSPS) is 14.2. The van der Waals surface area contributed by atoms with E-state index in [9.17, 15) is 24.0 Å². The maximum Gasteiger partial charge on any atom is 0.410 e. The fourth-order valence-corrected chi connectivity index (χ4v) is 5.97. The highest BCUT2D eigenvalue weighted by Crippen LogP contribution is 2.40. The summed E-state index contributed by atoms with van der Waals surface area (Å²) in [4.78, 5) is 65.6. The first kappa shape index (κ1) is 44.0. The van der Waals surface area contributed by atoms with Crippen LogP contribution in [0.15, 0.2) is 132 Å². The molecule has 0 spiro atoms. The largest absolute Gasteiger partial charge is 0.445 e. The van der Waals surface area contributed by atoms with Gasteiger partial charge in [0.1, 0.15) is 13.2 Å². The minimum absolute atomic E-state index is 0.0991. The quantitative estimate of drug-likeness (QED) is 0.0481. The van der Waals surface area contributed by atoms with Gasteiger partial charge < -0.3 is 35.5 Å². The van der Waals surface area contributed by atoms with Gasteiger partial charge in [-0.1, -0.05) is 79.6 Å². The van der Waals surface area contributed by atoms with Crippen molar-refractivity contribution in [1.29, 1.82) is 0 Å². The first-order valence-corrected chi connectivity index (χ1v) is 18.9. The summed E-state index contributed by atoms with van der Waals surface area (Å²) in [6.07, 6.45) is 16.4. The van der Waals surface area contributed by atoms with Gasteiger partial charge in [0.2, 0.25) is 12.7 Å². The van der Waals surface area contributed by atoms with Crippen LogP contribution in [0.1, 0.15) is 75.4 Å². The van der Waals surface area contributed by atoms with Crippen LogP contribution in [0.4, 0.5) is 21.0 Å². The summed E-state index contributed by atoms with van der Waals surface area (Å²) in [6, 6.07) is 16.7. The van der Waals surface area contributed by atoms with E-state index in [1.807, 2.05) is 19.1 Å². The zero-order valence-corrected chi connectivity index (χ0v) is 33.6. The Morgan fingerprint density at radius 3 is 2.29 bits per heavy atom. The maximum atomic E-state index is 12.9. The van der Waals surface area contributed by atoms with E-state index in [4.69, 9.17) is 14.2 Å². The molecule has 0 saturated heterocycles. The number of nitrogens with one attached hydrogen (secondary N) is 4. The SMILES string of the molecule is CC1=C(/C=C/C(C)=C/C=C/C(C)=C/C(=O)OCOC(=O)NCC(=O)Nc2cccc(NC(=O)c3ccc(CNC(=O)OCc4cccnc4)cc3)c2)C(C)(C)CCC1. The molecule has 0 unspecified atom stereocenters. The molecule has 0 aliphatic heterocycles. The molecule has 304 valence electrons. The van der Waals surface area contributed by atoms with Crippen molar-refractivity contribution >= 4 is 41.3 Å². The summed E-state index contributed by atoms with van der Waals surface area (Å²) in [5.41, 5.74) is 7.43. The van der Waals surface area contributed by atoms with Gasteiger partial charge in [0.25, 0.3) is 5.91 Å². The third-order valence-electron chi connectivity index (χ3n) is 9.05. The standard InChI is InChI=1S/C45H51N5O8/c1-31(16-21-39-33(3)12-8-22-45(39,4)5)10-6-11-32(2)24-41(52)57-30-58-44(55)48-28-40(51)49-37-14-7-15-38(25-37)50-42(53)36-19-17-34(18-20-36)27-47-43(54)56-29-35-13-9-23-46-26-35/h6-7,9-11,13-21,23-26H,8,12,22,27-30H2,1-5H3,(H,47,54)(H,48,55)(H,49,51)(H,50,53)/b11-6+,21-16+,31-10+,32-24+. The Bertz CT molecular complexity index is 2080. The minimum Gasteiger partial charge on any atom is -0.445 e. The molecule has 4 N–H and O–H groups in total. The molecule has 2 aromatic carbocycles. The molecule has 0 atom stereocenters. The number of benzene rings is 2. The number of esters is 1. The van der Waals surface area contributed by atoms with E-state index in [0.29, 0.717) is 22.5 Å². The maximum absolute atomic E-state index is 12.9. The summed E-state index contributed by atoms with van der Waals surface area (Å²) >= 11 is 0. The highest BCUT2D eigenvalue weighted by atomic mass is 16.7. The second-order valence-electron chi connectivity index (χ2n) is 14.4. The van der Waals surface area contributed by atoms with Gasteiger partial charge in [-0.2, -0.15) is 0 Å². The summed E-state index contributed by atoms with van der Waals surface area (Å²) in [6.45, 7) is 9.79. The van der Waals surface area contributed by atoms with Gasteiger partial charge >= 0.3 is 18.2 Å². The second-order valence-corrected chi connectivity index (χ2v) is 14.4. The van der Waals surface area contributed by atoms with E-state index in [1.54, 1.807) is 86.1 Å². The molecular weight excluding hydrogens is 739 g/mol. The van der Waals surface area contributed by atoms with Crippen molar-refractivity contribution in [3.63, 3.8) is 0 Å². The van der Waals surface area contributed by atoms with E-state index < -0.39 is 37.4 Å². The summed E-state index contributed by atoms with van der Waals surface area (Å²) < 4.78 is 15.0. The number of hydrogen-bond acceptors (Lipinski definition) is 9. The van der Waals surface area contributed by atoms with Gasteiger partial charge in [-0.3, -0.25) is 14.6 Å². The minimum atomic E-state index is -0.955. The Labute approximate surface area is 339 Å². The molecule has 4 amide bonds. The molecule has 13 nitrogen and oxygen atoms in total. The average Bonchev–Trinajstić information content (AvgIpc) is 3.18. The van der Waals surface area contributed by atoms with Crippen molar-refractivity contribution in [2.24, 2.45) is 5.41 Å². The molecule has 4 rings (SSSR count). The number of allylic oxidation sites excluding steroid dienone is 9. The van der Waals surface area contributed by atoms with E-state index >= 15 is 0 Å². The fraction of sp³-hybridized carbons (Fsp3) is 0.289. The van der Waals surface area contributed by atoms with Crippen LogP contribution in [0.5, 0.6) is 0 Å². The van der Waals surface area contributed by atoms with Gasteiger partial charge in [-0.05, 0) is 98.6 Å². The number of nitrogens with zero attached hydrogens (tertiary/aromatic N) is 1. The second kappa shape index (κ2) is 22.1. The Morgan fingerprint density at radius 2 is 1.57 bits per heavy atom. The molecule has 0 bridgehead atoms. The predicted molar refractivity (Wildman–Crippen MR) is 222 cm³/mol. The number of anilines is 2. The van der Waals surface area contributed by atoms with Crippen LogP contribution in [0.3, 0.4) is 0 Å². The third kappa shape index (κ3) is 15.4. The zero-order chi connectivity index (χ0) is 41.9. The molecule has 1 heterocycles. The first-order chi connectivity index (χ1) is 27.8. The summed E-state index contributed by atoms with van der Waals surface area (Å²) in [5.74, 6) is -1.63. The highest BCUT2D eigenvalue weighted by Gasteiger charge is 2.26. The van der Waals surface area contributed by atoms with Crippen LogP contribution >= 0.6 is 0 Å². The number of rotatable bonds is 16. The van der Waals surface area contributed by atoms with Crippen molar-refractivity contribution in [3.8, 4) is 0 Å². The number of aromatic nitrogens is 1. The number of hydrogen-bond donors (Lipinski definition) is 4. The molecule has 58 heavy (non-hydrogen) atoms. The molecule has 13 heteroatoms. The Balaban J connectivity index is 1.12. The van der Waals surface area contributed by atoms with E-state index in [-0.39, 0.29) is 24.5 Å². The molecule has 1 aliphatic rings. The fourth-order valence-electron chi connectivity index (χ4n) is 5.97. The Kier molecular flexibility index (Phi) is 16.8. The number of amides is 4. The van der Waals surface area contributed by atoms with Gasteiger partial charge in [-0.15, -0.1) is 0 Å². The lowest BCUT2D eigenvalue weighted by Crippen LogP contribution is -2.33. The average molecular weight is 790 g/mol. The van der Waals surface area contributed by atoms with Crippen LogP contribution < -0.4 is 21.3 Å². The molecule has 0 saturated carbocycles. The van der Waals surface area contributed by atoms with E-state index in [2.05, 4.69) is 59.2 Å². The number of pyridine rings is 1. The van der Waals surface area contributed by atoms with Crippen LogP contribution in [-0.2, 0) is 37.0 Å². The van der Waals surface area contributed by atoms with Crippen molar-refractivity contribution in [2.45, 2.75) is 67.0 Å². The molecule has 3 aromatic rings. The van der Waals surface area contributed by atoms with Gasteiger partial charge in [0.15, 0.2) is 0 Å². The van der Waals surface area contributed by atoms with Crippen molar-refractivity contribution < 1.29 is 38.2 Å². The van der Waals surface area contributed by atoms with Crippen LogP contribution in [0.25, 0.3) is 0 Å². The van der Waals surface area contributed by atoms with Crippen molar-refractivity contribution in [1.82, 2.24) is 15.6 Å². The monoisotopic (exact) mass is 789 g/mol. The Hall–Kier alpha value is -6.76. The van der Waals surface area contributed by atoms with Crippen molar-refractivity contribution in [2.75, 3.05) is 24.0 Å². The molecule has 1 aromatic heterocycles. The van der Waals surface area contributed by atoms with E-state index in [0.717, 1.165) is 23.1 Å². The highest BCUT2D eigenvalue weighted by molar-refractivity contribution is 6.04. The lowest BCUT2D eigenvalue weighted by Gasteiger charge is -2.32. The predicted octanol–water partition coefficient (Wildman–Crippen LogP) is 8.46. The van der Waals surface area contributed by atoms with Crippen LogP contribution in [0.2, 0.25) is 0 Å². The number of carbonyl (C=O) groups is 5. The van der Waals surface area contributed by atoms with Crippen molar-refractivity contribution in [3.05, 3.63) is 148 Å². The molecular formula is C45H51N5O8. The number of ether oxygens (including phenoxy) is 3. The topological polar surface area (TPSA) is 174 Å². The lowest BCUT2D eigenvalue weighted by molar-refractivity contribution is -0.145. The van der Waals surface area contributed by atoms with Gasteiger partial charge in [-0.25, -0.2) is 14.4 Å². The summed E-state index contributed by atoms with van der Waals surface area (Å²) in [7, 11) is 0. The molecule has 0 radical (unpaired) electrons. The number of alkyl carbamates (subject to hydrolysis) is 2. The van der Waals surface area contributed by atoms with Crippen LogP contribution in [-0.4, -0.2) is 48.3 Å². The lowest BCUT2D eigenvalue weighted by atomic mass is 9.72. The third-order valence-corrected chi connectivity index (χ3v) is 9.05. The number of carbonyl (C=O) groups excluding carboxylic acids is 5. The summed E-state index contributed by atoms with van der Waals surface area (Å²) in [5, 5.41) is 10.3. The van der Waals surface area contributed by atoms with Gasteiger partial charge in [0.05, 0.1) is 0 Å². The zero-order valence-electron chi connectivity index (χ0n) is 33.6. The smallest absolute Gasteiger partial charge is 0.410 e. The Morgan fingerprint density at radius 1 is 0.828 bits per heavy atom. The van der Waals surface area contributed by atoms with Gasteiger partial charge in [0, 0.05) is 47.5 Å². The molecule has 1 aliphatic carbocycles. The van der Waals surface area contributed by atoms with E-state index in [1.165, 1.54) is 30.1 Å². The molecule has 0 fully saturated rings. The van der Waals surface area contributed by atoms with Crippen LogP contribution in [0, 0.1) is 5.41 Å².